The normalized spacial score (nSPS) is 13.6. The minimum Gasteiger partial charge on any atom is -0.494 e. The predicted octanol–water partition coefficient (Wildman–Crippen LogP) is 3.15. The molecule has 35 heavy (non-hydrogen) atoms. The van der Waals surface area contributed by atoms with Crippen molar-refractivity contribution in [2.45, 2.75) is 13.5 Å². The molecule has 5 rings (SSSR count). The Morgan fingerprint density at radius 2 is 1.66 bits per heavy atom. The summed E-state index contributed by atoms with van der Waals surface area (Å²) in [5.74, 6) is 2.69. The first-order chi connectivity index (χ1) is 17.2. The van der Waals surface area contributed by atoms with Gasteiger partial charge in [0.25, 0.3) is 0 Å². The highest BCUT2D eigenvalue weighted by atomic mass is 16.5. The Kier molecular flexibility index (Phi) is 6.65. The van der Waals surface area contributed by atoms with Crippen molar-refractivity contribution < 1.29 is 9.53 Å². The molecule has 1 aliphatic heterocycles. The summed E-state index contributed by atoms with van der Waals surface area (Å²) in [6.45, 7) is 5.24. The number of carbonyl (C=O) groups is 1. The van der Waals surface area contributed by atoms with Crippen LogP contribution in [0.1, 0.15) is 6.92 Å². The third-order valence-electron chi connectivity index (χ3n) is 5.86. The summed E-state index contributed by atoms with van der Waals surface area (Å²) in [5.41, 5.74) is 1.75. The molecule has 0 bridgehead atoms. The van der Waals surface area contributed by atoms with E-state index in [2.05, 4.69) is 14.9 Å². The maximum Gasteiger partial charge on any atom is 0.244 e. The van der Waals surface area contributed by atoms with Crippen LogP contribution in [0.2, 0.25) is 0 Å². The van der Waals surface area contributed by atoms with E-state index in [-0.39, 0.29) is 12.5 Å². The maximum absolute atomic E-state index is 13.2. The molecular formula is C26H27N7O2. The average Bonchev–Trinajstić information content (AvgIpc) is 3.34. The second-order valence-electron chi connectivity index (χ2n) is 8.16. The number of anilines is 1. The molecule has 3 heterocycles. The number of hydrogen-bond acceptors (Lipinski definition) is 7. The molecule has 0 aliphatic carbocycles. The van der Waals surface area contributed by atoms with Gasteiger partial charge in [0.1, 0.15) is 12.3 Å². The number of nitrogens with zero attached hydrogens (tertiary/aromatic N) is 7. The van der Waals surface area contributed by atoms with Crippen LogP contribution in [0.4, 0.5) is 5.95 Å². The lowest BCUT2D eigenvalue weighted by atomic mass is 10.2. The molecule has 0 unspecified atom stereocenters. The fraction of sp³-hybridized carbons (Fsp3) is 0.269. The number of amides is 1. The van der Waals surface area contributed by atoms with E-state index in [4.69, 9.17) is 14.8 Å². The van der Waals surface area contributed by atoms with Crippen molar-refractivity contribution >= 4 is 11.9 Å². The van der Waals surface area contributed by atoms with E-state index in [1.54, 1.807) is 23.1 Å². The van der Waals surface area contributed by atoms with Gasteiger partial charge in [0, 0.05) is 49.7 Å². The summed E-state index contributed by atoms with van der Waals surface area (Å²) in [7, 11) is 0. The van der Waals surface area contributed by atoms with E-state index in [0.29, 0.717) is 50.4 Å². The Bertz CT molecular complexity index is 1270. The highest BCUT2D eigenvalue weighted by Gasteiger charge is 2.24. The zero-order valence-corrected chi connectivity index (χ0v) is 19.6. The van der Waals surface area contributed by atoms with Gasteiger partial charge >= 0.3 is 0 Å². The fourth-order valence-electron chi connectivity index (χ4n) is 4.11. The minimum atomic E-state index is 0.00956. The molecule has 2 aromatic carbocycles. The predicted molar refractivity (Wildman–Crippen MR) is 133 cm³/mol. The summed E-state index contributed by atoms with van der Waals surface area (Å²) >= 11 is 0. The van der Waals surface area contributed by atoms with Crippen LogP contribution in [0.25, 0.3) is 22.8 Å². The Labute approximate surface area is 204 Å². The molecular weight excluding hydrogens is 442 g/mol. The van der Waals surface area contributed by atoms with E-state index < -0.39 is 0 Å². The molecule has 9 nitrogen and oxygen atoms in total. The number of hydrogen-bond donors (Lipinski definition) is 0. The average molecular weight is 470 g/mol. The van der Waals surface area contributed by atoms with Crippen molar-refractivity contribution in [2.24, 2.45) is 0 Å². The van der Waals surface area contributed by atoms with Crippen molar-refractivity contribution in [3.8, 4) is 28.5 Å². The molecule has 1 fully saturated rings. The van der Waals surface area contributed by atoms with Crippen LogP contribution in [-0.2, 0) is 11.3 Å². The molecule has 9 heteroatoms. The van der Waals surface area contributed by atoms with Crippen molar-refractivity contribution in [1.82, 2.24) is 29.6 Å². The van der Waals surface area contributed by atoms with Crippen LogP contribution in [0.5, 0.6) is 5.75 Å². The highest BCUT2D eigenvalue weighted by molar-refractivity contribution is 5.77. The molecule has 0 radical (unpaired) electrons. The van der Waals surface area contributed by atoms with Gasteiger partial charge in [-0.3, -0.25) is 4.79 Å². The van der Waals surface area contributed by atoms with Gasteiger partial charge < -0.3 is 14.5 Å². The van der Waals surface area contributed by atoms with E-state index in [1.807, 2.05) is 66.4 Å². The Hall–Kier alpha value is -4.27. The first kappa shape index (κ1) is 22.5. The van der Waals surface area contributed by atoms with Crippen LogP contribution >= 0.6 is 0 Å². The van der Waals surface area contributed by atoms with Crippen LogP contribution < -0.4 is 9.64 Å². The van der Waals surface area contributed by atoms with Crippen LogP contribution in [0.3, 0.4) is 0 Å². The van der Waals surface area contributed by atoms with Gasteiger partial charge in [0.05, 0.1) is 6.61 Å². The summed E-state index contributed by atoms with van der Waals surface area (Å²) in [6.07, 6.45) is 3.47. The number of piperazine rings is 1. The quantitative estimate of drug-likeness (QED) is 0.411. The molecule has 1 aliphatic rings. The maximum atomic E-state index is 13.2. The SMILES string of the molecule is CCOc1cccc(-c2nc(-c3ccccc3)n(CC(=O)N3CCN(c4ncccn4)CC3)n2)c1. The van der Waals surface area contributed by atoms with Crippen molar-refractivity contribution in [1.29, 1.82) is 0 Å². The van der Waals surface area contributed by atoms with Gasteiger partial charge in [0.15, 0.2) is 11.6 Å². The third kappa shape index (κ3) is 5.13. The molecule has 1 saturated heterocycles. The number of carbonyl (C=O) groups excluding carboxylic acids is 1. The molecule has 4 aromatic rings. The zero-order valence-electron chi connectivity index (χ0n) is 19.6. The van der Waals surface area contributed by atoms with Crippen molar-refractivity contribution in [2.75, 3.05) is 37.7 Å². The van der Waals surface area contributed by atoms with Crippen molar-refractivity contribution in [3.63, 3.8) is 0 Å². The molecule has 178 valence electrons. The largest absolute Gasteiger partial charge is 0.494 e. The lowest BCUT2D eigenvalue weighted by molar-refractivity contribution is -0.132. The second-order valence-corrected chi connectivity index (χ2v) is 8.16. The van der Waals surface area contributed by atoms with Gasteiger partial charge in [0.2, 0.25) is 11.9 Å². The number of aromatic nitrogens is 5. The van der Waals surface area contributed by atoms with E-state index in [1.165, 1.54) is 0 Å². The molecule has 1 amide bonds. The van der Waals surface area contributed by atoms with Gasteiger partial charge in [-0.2, -0.15) is 0 Å². The summed E-state index contributed by atoms with van der Waals surface area (Å²) in [6, 6.07) is 19.3. The molecule has 0 N–H and O–H groups in total. The van der Waals surface area contributed by atoms with Gasteiger partial charge in [-0.05, 0) is 25.1 Å². The lowest BCUT2D eigenvalue weighted by Crippen LogP contribution is -2.50. The molecule has 2 aromatic heterocycles. The number of ether oxygens (including phenoxy) is 1. The van der Waals surface area contributed by atoms with Gasteiger partial charge in [-0.15, -0.1) is 5.10 Å². The Balaban J connectivity index is 1.36. The van der Waals surface area contributed by atoms with Gasteiger partial charge in [-0.1, -0.05) is 42.5 Å². The Morgan fingerprint density at radius 3 is 2.40 bits per heavy atom. The van der Waals surface area contributed by atoms with Crippen LogP contribution in [-0.4, -0.2) is 68.3 Å². The summed E-state index contributed by atoms with van der Waals surface area (Å²) in [4.78, 5) is 30.6. The standard InChI is InChI=1S/C26H27N7O2/c1-2-35-22-11-6-10-21(18-22)24-29-25(20-8-4-3-5-9-20)33(30-24)19-23(34)31-14-16-32(17-15-31)26-27-12-7-13-28-26/h3-13,18H,2,14-17,19H2,1H3. The van der Waals surface area contributed by atoms with Gasteiger partial charge in [-0.25, -0.2) is 19.6 Å². The molecule has 0 saturated carbocycles. The highest BCUT2D eigenvalue weighted by Crippen LogP contribution is 2.25. The van der Waals surface area contributed by atoms with E-state index in [0.717, 1.165) is 16.9 Å². The first-order valence-electron chi connectivity index (χ1n) is 11.7. The first-order valence-corrected chi connectivity index (χ1v) is 11.7. The summed E-state index contributed by atoms with van der Waals surface area (Å²) < 4.78 is 7.34. The topological polar surface area (TPSA) is 89.3 Å². The molecule has 0 spiro atoms. The lowest BCUT2D eigenvalue weighted by Gasteiger charge is -2.34. The smallest absolute Gasteiger partial charge is 0.244 e. The minimum absolute atomic E-state index is 0.00956. The van der Waals surface area contributed by atoms with Crippen LogP contribution in [0, 0.1) is 0 Å². The number of benzene rings is 2. The fourth-order valence-corrected chi connectivity index (χ4v) is 4.11. The number of rotatable bonds is 7. The van der Waals surface area contributed by atoms with E-state index >= 15 is 0 Å². The summed E-state index contributed by atoms with van der Waals surface area (Å²) in [5, 5.41) is 4.73. The third-order valence-corrected chi connectivity index (χ3v) is 5.86. The zero-order chi connectivity index (χ0) is 24.0. The van der Waals surface area contributed by atoms with E-state index in [9.17, 15) is 4.79 Å². The van der Waals surface area contributed by atoms with Crippen LogP contribution in [0.15, 0.2) is 73.1 Å². The second kappa shape index (κ2) is 10.3. The van der Waals surface area contributed by atoms with Crippen molar-refractivity contribution in [3.05, 3.63) is 73.1 Å². The monoisotopic (exact) mass is 469 g/mol. The Morgan fingerprint density at radius 1 is 0.914 bits per heavy atom. The molecule has 0 atom stereocenters.